The van der Waals surface area contributed by atoms with Crippen LogP contribution < -0.4 is 4.74 Å². The Hall–Kier alpha value is -3.22. The van der Waals surface area contributed by atoms with Gasteiger partial charge in [-0.05, 0) is 25.1 Å². The maximum absolute atomic E-state index is 12.7. The van der Waals surface area contributed by atoms with Crippen LogP contribution in [-0.4, -0.2) is 50.0 Å². The molecule has 1 saturated heterocycles. The first-order valence-electron chi connectivity index (χ1n) is 8.56. The molecule has 0 saturated carbocycles. The van der Waals surface area contributed by atoms with Crippen molar-refractivity contribution in [2.75, 3.05) is 13.1 Å². The highest BCUT2D eigenvalue weighted by molar-refractivity contribution is 5.92. The molecule has 1 aliphatic heterocycles. The van der Waals surface area contributed by atoms with E-state index < -0.39 is 0 Å². The summed E-state index contributed by atoms with van der Waals surface area (Å²) in [4.78, 5) is 20.2. The molecule has 0 N–H and O–H groups in total. The van der Waals surface area contributed by atoms with E-state index in [4.69, 9.17) is 4.74 Å². The molecule has 1 unspecified atom stereocenters. The van der Waals surface area contributed by atoms with E-state index in [1.807, 2.05) is 55.5 Å². The molecule has 0 spiro atoms. The first kappa shape index (κ1) is 16.3. The van der Waals surface area contributed by atoms with Crippen LogP contribution in [-0.2, 0) is 0 Å². The Kier molecular flexibility index (Phi) is 4.35. The van der Waals surface area contributed by atoms with Crippen molar-refractivity contribution >= 4 is 5.91 Å². The molecule has 26 heavy (non-hydrogen) atoms. The highest BCUT2D eigenvalue weighted by Crippen LogP contribution is 2.18. The van der Waals surface area contributed by atoms with Crippen LogP contribution in [0.2, 0.25) is 0 Å². The van der Waals surface area contributed by atoms with Gasteiger partial charge in [0.25, 0.3) is 5.91 Å². The molecule has 1 fully saturated rings. The molecule has 7 nitrogen and oxygen atoms in total. The van der Waals surface area contributed by atoms with E-state index in [-0.39, 0.29) is 12.0 Å². The van der Waals surface area contributed by atoms with Gasteiger partial charge >= 0.3 is 0 Å². The zero-order valence-corrected chi connectivity index (χ0v) is 14.4. The zero-order chi connectivity index (χ0) is 17.9. The molecule has 1 aromatic carbocycles. The summed E-state index contributed by atoms with van der Waals surface area (Å²) in [7, 11) is 0. The molecule has 0 bridgehead atoms. The fourth-order valence-corrected chi connectivity index (χ4v) is 2.97. The Bertz CT molecular complexity index is 909. The van der Waals surface area contributed by atoms with Gasteiger partial charge in [0.1, 0.15) is 6.10 Å². The molecule has 3 heterocycles. The lowest BCUT2D eigenvalue weighted by atomic mass is 10.3. The summed E-state index contributed by atoms with van der Waals surface area (Å²) in [6.07, 6.45) is 2.22. The lowest BCUT2D eigenvalue weighted by Crippen LogP contribution is -2.31. The van der Waals surface area contributed by atoms with Crippen molar-refractivity contribution in [3.8, 4) is 11.6 Å². The first-order chi connectivity index (χ1) is 12.7. The summed E-state index contributed by atoms with van der Waals surface area (Å²) in [5, 5.41) is 8.50. The Labute approximate surface area is 151 Å². The number of hydrogen-bond acceptors (Lipinski definition) is 5. The van der Waals surface area contributed by atoms with Crippen molar-refractivity contribution in [1.29, 1.82) is 0 Å². The fraction of sp³-hybridized carbons (Fsp3) is 0.263. The van der Waals surface area contributed by atoms with Crippen molar-refractivity contribution in [2.24, 2.45) is 0 Å². The minimum absolute atomic E-state index is 0.0579. The van der Waals surface area contributed by atoms with Gasteiger partial charge in [-0.2, -0.15) is 9.90 Å². The topological polar surface area (TPSA) is 73.1 Å². The average molecular weight is 349 g/mol. The van der Waals surface area contributed by atoms with Gasteiger partial charge in [-0.1, -0.05) is 24.3 Å². The molecular weight excluding hydrogens is 330 g/mol. The quantitative estimate of drug-likeness (QED) is 0.722. The second-order valence-electron chi connectivity index (χ2n) is 6.25. The second kappa shape index (κ2) is 6.95. The molecule has 1 atom stereocenters. The normalized spacial score (nSPS) is 16.7. The predicted octanol–water partition coefficient (Wildman–Crippen LogP) is 2.26. The molecule has 132 valence electrons. The number of carbonyl (C=O) groups is 1. The highest BCUT2D eigenvalue weighted by Gasteiger charge is 2.30. The number of benzene rings is 1. The van der Waals surface area contributed by atoms with E-state index in [1.165, 1.54) is 11.0 Å². The molecule has 7 heteroatoms. The van der Waals surface area contributed by atoms with Crippen LogP contribution in [0.25, 0.3) is 5.69 Å². The van der Waals surface area contributed by atoms with E-state index in [0.717, 1.165) is 17.8 Å². The lowest BCUT2D eigenvalue weighted by molar-refractivity contribution is 0.0765. The number of rotatable bonds is 4. The van der Waals surface area contributed by atoms with Gasteiger partial charge in [0.2, 0.25) is 5.88 Å². The highest BCUT2D eigenvalue weighted by atomic mass is 16.5. The van der Waals surface area contributed by atoms with Crippen LogP contribution in [0.5, 0.6) is 5.88 Å². The Balaban J connectivity index is 1.41. The van der Waals surface area contributed by atoms with Gasteiger partial charge in [0.15, 0.2) is 5.69 Å². The maximum Gasteiger partial charge on any atom is 0.276 e. The number of amides is 1. The summed E-state index contributed by atoms with van der Waals surface area (Å²) in [6.45, 7) is 3.08. The summed E-state index contributed by atoms with van der Waals surface area (Å²) in [5.41, 5.74) is 2.06. The Morgan fingerprint density at radius 2 is 2.00 bits per heavy atom. The van der Waals surface area contributed by atoms with E-state index in [9.17, 15) is 4.79 Å². The molecule has 0 radical (unpaired) electrons. The summed E-state index contributed by atoms with van der Waals surface area (Å²) < 4.78 is 5.90. The number of likely N-dealkylation sites (tertiary alicyclic amines) is 1. The minimum Gasteiger partial charge on any atom is -0.472 e. The molecule has 4 rings (SSSR count). The van der Waals surface area contributed by atoms with Crippen LogP contribution in [0.1, 0.15) is 22.6 Å². The van der Waals surface area contributed by atoms with Crippen LogP contribution in [0, 0.1) is 6.92 Å². The van der Waals surface area contributed by atoms with E-state index in [1.54, 1.807) is 4.90 Å². The second-order valence-corrected chi connectivity index (χ2v) is 6.25. The number of pyridine rings is 1. The lowest BCUT2D eigenvalue weighted by Gasteiger charge is -2.15. The third kappa shape index (κ3) is 3.42. The summed E-state index contributed by atoms with van der Waals surface area (Å²) >= 11 is 0. The van der Waals surface area contributed by atoms with Crippen molar-refractivity contribution in [1.82, 2.24) is 24.9 Å². The maximum atomic E-state index is 12.7. The number of carbonyl (C=O) groups excluding carboxylic acids is 1. The largest absolute Gasteiger partial charge is 0.472 e. The third-order valence-electron chi connectivity index (χ3n) is 4.28. The van der Waals surface area contributed by atoms with Crippen LogP contribution >= 0.6 is 0 Å². The number of aromatic nitrogens is 4. The van der Waals surface area contributed by atoms with Crippen molar-refractivity contribution < 1.29 is 9.53 Å². The SMILES string of the molecule is Cc1cccc(OC2CCN(C(=O)c3cnn(-c4ccccc4)n3)C2)n1. The van der Waals surface area contributed by atoms with Gasteiger partial charge in [-0.3, -0.25) is 4.79 Å². The number of aryl methyl sites for hydroxylation is 1. The standard InChI is InChI=1S/C19H19N5O2/c1-14-6-5-9-18(21-14)26-16-10-11-23(13-16)19(25)17-12-20-24(22-17)15-7-3-2-4-8-15/h2-9,12,16H,10-11,13H2,1H3. The van der Waals surface area contributed by atoms with Crippen LogP contribution in [0.3, 0.4) is 0 Å². The first-order valence-corrected chi connectivity index (χ1v) is 8.56. The fourth-order valence-electron chi connectivity index (χ4n) is 2.97. The van der Waals surface area contributed by atoms with E-state index >= 15 is 0 Å². The Morgan fingerprint density at radius 1 is 1.15 bits per heavy atom. The molecule has 3 aromatic rings. The molecule has 0 aliphatic carbocycles. The number of para-hydroxylation sites is 1. The Morgan fingerprint density at radius 3 is 2.81 bits per heavy atom. The molecule has 1 amide bonds. The monoisotopic (exact) mass is 349 g/mol. The van der Waals surface area contributed by atoms with Gasteiger partial charge in [0.05, 0.1) is 18.4 Å². The molecule has 1 aliphatic rings. The molecule has 2 aromatic heterocycles. The van der Waals surface area contributed by atoms with E-state index in [2.05, 4.69) is 15.2 Å². The van der Waals surface area contributed by atoms with Crippen molar-refractivity contribution in [3.05, 3.63) is 66.1 Å². The predicted molar refractivity (Wildman–Crippen MR) is 95.3 cm³/mol. The third-order valence-corrected chi connectivity index (χ3v) is 4.28. The van der Waals surface area contributed by atoms with Crippen molar-refractivity contribution in [3.63, 3.8) is 0 Å². The van der Waals surface area contributed by atoms with Gasteiger partial charge in [-0.25, -0.2) is 4.98 Å². The van der Waals surface area contributed by atoms with Crippen LogP contribution in [0.4, 0.5) is 0 Å². The van der Waals surface area contributed by atoms with Crippen molar-refractivity contribution in [2.45, 2.75) is 19.4 Å². The summed E-state index contributed by atoms with van der Waals surface area (Å²) in [6, 6.07) is 15.2. The zero-order valence-electron chi connectivity index (χ0n) is 14.4. The van der Waals surface area contributed by atoms with Crippen LogP contribution in [0.15, 0.2) is 54.7 Å². The minimum atomic E-state index is -0.129. The van der Waals surface area contributed by atoms with Gasteiger partial charge in [0, 0.05) is 24.7 Å². The smallest absolute Gasteiger partial charge is 0.276 e. The average Bonchev–Trinajstić information content (AvgIpc) is 3.32. The summed E-state index contributed by atoms with van der Waals surface area (Å²) in [5.74, 6) is 0.467. The number of nitrogens with zero attached hydrogens (tertiary/aromatic N) is 5. The number of hydrogen-bond donors (Lipinski definition) is 0. The van der Waals surface area contributed by atoms with Gasteiger partial charge in [-0.15, -0.1) is 5.10 Å². The number of ether oxygens (including phenoxy) is 1. The van der Waals surface area contributed by atoms with Gasteiger partial charge < -0.3 is 9.64 Å². The van der Waals surface area contributed by atoms with E-state index in [0.29, 0.717) is 24.7 Å². The molecular formula is C19H19N5O2.